The number of aromatic nitrogens is 2. The molecule has 29 heavy (non-hydrogen) atoms. The van der Waals surface area contributed by atoms with Gasteiger partial charge in [0.15, 0.2) is 0 Å². The normalized spacial score (nSPS) is 10.7. The Morgan fingerprint density at radius 2 is 1.83 bits per heavy atom. The van der Waals surface area contributed by atoms with Crippen LogP contribution in [-0.2, 0) is 6.42 Å². The first kappa shape index (κ1) is 18.4. The number of fused-ring (bicyclic) bond motifs is 1. The summed E-state index contributed by atoms with van der Waals surface area (Å²) in [6.45, 7) is 3.80. The fraction of sp³-hybridized carbons (Fsp3) is 0.130. The average Bonchev–Trinajstić information content (AvgIpc) is 3.10. The quantitative estimate of drug-likeness (QED) is 0.546. The van der Waals surface area contributed by atoms with Crippen molar-refractivity contribution in [3.8, 4) is 17.3 Å². The predicted molar refractivity (Wildman–Crippen MR) is 110 cm³/mol. The van der Waals surface area contributed by atoms with Gasteiger partial charge in [0.25, 0.3) is 11.6 Å². The zero-order valence-corrected chi connectivity index (χ0v) is 16.1. The Morgan fingerprint density at radius 1 is 1.10 bits per heavy atom. The van der Waals surface area contributed by atoms with Gasteiger partial charge in [0, 0.05) is 11.3 Å². The minimum absolute atomic E-state index is 0.273. The van der Waals surface area contributed by atoms with Gasteiger partial charge in [0.2, 0.25) is 0 Å². The average molecular weight is 382 g/mol. The number of aryl methyl sites for hydroxylation is 2. The molecule has 0 unspecified atom stereocenters. The van der Waals surface area contributed by atoms with Crippen LogP contribution in [0.1, 0.15) is 27.2 Å². The lowest BCUT2D eigenvalue weighted by Gasteiger charge is -2.09. The van der Waals surface area contributed by atoms with Crippen molar-refractivity contribution in [2.75, 3.05) is 5.32 Å². The summed E-state index contributed by atoms with van der Waals surface area (Å²) in [5.74, 6) is -0.273. The lowest BCUT2D eigenvalue weighted by Crippen LogP contribution is -2.13. The lowest BCUT2D eigenvalue weighted by atomic mass is 10.0. The molecule has 2 aromatic carbocycles. The van der Waals surface area contributed by atoms with Crippen molar-refractivity contribution in [3.63, 3.8) is 0 Å². The van der Waals surface area contributed by atoms with Crippen molar-refractivity contribution in [1.82, 2.24) is 10.1 Å². The van der Waals surface area contributed by atoms with Gasteiger partial charge in [-0.05, 0) is 37.6 Å². The predicted octanol–water partition coefficient (Wildman–Crippen LogP) is 4.83. The van der Waals surface area contributed by atoms with Crippen LogP contribution in [0.15, 0.2) is 59.1 Å². The molecule has 0 spiro atoms. The van der Waals surface area contributed by atoms with E-state index in [1.165, 1.54) is 0 Å². The van der Waals surface area contributed by atoms with Crippen molar-refractivity contribution >= 4 is 22.7 Å². The van der Waals surface area contributed by atoms with Gasteiger partial charge < -0.3 is 9.84 Å². The smallest absolute Gasteiger partial charge is 0.259 e. The molecule has 0 aliphatic heterocycles. The van der Waals surface area contributed by atoms with Crippen molar-refractivity contribution < 1.29 is 9.32 Å². The van der Waals surface area contributed by atoms with Gasteiger partial charge in [0.1, 0.15) is 0 Å². The monoisotopic (exact) mass is 382 g/mol. The summed E-state index contributed by atoms with van der Waals surface area (Å²) in [6.07, 6.45) is 0.332. The Bertz CT molecular complexity index is 1230. The molecule has 0 aliphatic rings. The second-order valence-electron chi connectivity index (χ2n) is 6.86. The number of rotatable bonds is 4. The Labute approximate surface area is 167 Å². The number of nitrogens with zero attached hydrogens (tertiary/aromatic N) is 3. The molecule has 6 nitrogen and oxygen atoms in total. The standard InChI is InChI=1S/C23H18N4O2/c1-14-3-7-17(8-4-14)20-13-19(21-15(2)27-29-23(21)26-20)22(28)25-18-9-5-16(6-10-18)11-12-24/h3-10,13H,11H2,1-2H3,(H,25,28). The molecule has 0 saturated carbocycles. The number of hydrogen-bond acceptors (Lipinski definition) is 5. The molecule has 4 rings (SSSR count). The maximum absolute atomic E-state index is 13.1. The van der Waals surface area contributed by atoms with Gasteiger partial charge in [-0.3, -0.25) is 4.79 Å². The number of pyridine rings is 1. The highest BCUT2D eigenvalue weighted by atomic mass is 16.5. The van der Waals surface area contributed by atoms with Crippen molar-refractivity contribution in [3.05, 3.63) is 77.0 Å². The molecule has 2 aromatic heterocycles. The summed E-state index contributed by atoms with van der Waals surface area (Å²) >= 11 is 0. The van der Waals surface area contributed by atoms with Crippen LogP contribution in [0.3, 0.4) is 0 Å². The molecule has 0 fully saturated rings. The van der Waals surface area contributed by atoms with E-state index in [0.717, 1.165) is 16.7 Å². The second-order valence-corrected chi connectivity index (χ2v) is 6.86. The third-order valence-corrected chi connectivity index (χ3v) is 4.70. The van der Waals surface area contributed by atoms with Crippen LogP contribution in [0.4, 0.5) is 5.69 Å². The second kappa shape index (κ2) is 7.56. The van der Waals surface area contributed by atoms with E-state index in [0.29, 0.717) is 40.2 Å². The van der Waals surface area contributed by atoms with Crippen LogP contribution < -0.4 is 5.32 Å². The minimum Gasteiger partial charge on any atom is -0.335 e. The van der Waals surface area contributed by atoms with E-state index in [-0.39, 0.29) is 5.91 Å². The van der Waals surface area contributed by atoms with Crippen LogP contribution in [0.5, 0.6) is 0 Å². The van der Waals surface area contributed by atoms with Crippen LogP contribution in [0.2, 0.25) is 0 Å². The highest BCUT2D eigenvalue weighted by Gasteiger charge is 2.19. The van der Waals surface area contributed by atoms with E-state index >= 15 is 0 Å². The topological polar surface area (TPSA) is 91.8 Å². The molecular formula is C23H18N4O2. The molecule has 0 atom stereocenters. The summed E-state index contributed by atoms with van der Waals surface area (Å²) in [5.41, 5.74) is 5.60. The SMILES string of the molecule is Cc1ccc(-c2cc(C(=O)Nc3ccc(CC#N)cc3)c3c(C)noc3n2)cc1. The summed E-state index contributed by atoms with van der Waals surface area (Å²) in [6, 6.07) is 19.0. The number of amides is 1. The third-order valence-electron chi connectivity index (χ3n) is 4.70. The molecule has 1 amide bonds. The first-order valence-corrected chi connectivity index (χ1v) is 9.16. The van der Waals surface area contributed by atoms with Crippen molar-refractivity contribution in [2.24, 2.45) is 0 Å². The van der Waals surface area contributed by atoms with E-state index < -0.39 is 0 Å². The van der Waals surface area contributed by atoms with Gasteiger partial charge in [-0.1, -0.05) is 47.1 Å². The van der Waals surface area contributed by atoms with Crippen LogP contribution >= 0.6 is 0 Å². The number of nitrogens with one attached hydrogen (secondary N) is 1. The van der Waals surface area contributed by atoms with E-state index in [2.05, 4.69) is 21.5 Å². The van der Waals surface area contributed by atoms with Gasteiger partial charge >= 0.3 is 0 Å². The molecule has 4 aromatic rings. The van der Waals surface area contributed by atoms with Crippen molar-refractivity contribution in [1.29, 1.82) is 5.26 Å². The number of carbonyl (C=O) groups is 1. The molecule has 1 N–H and O–H groups in total. The van der Waals surface area contributed by atoms with Crippen LogP contribution in [-0.4, -0.2) is 16.0 Å². The fourth-order valence-electron chi connectivity index (χ4n) is 3.14. The molecule has 0 bridgehead atoms. The summed E-state index contributed by atoms with van der Waals surface area (Å²) in [5, 5.41) is 16.3. The fourth-order valence-corrected chi connectivity index (χ4v) is 3.14. The lowest BCUT2D eigenvalue weighted by molar-refractivity contribution is 0.102. The molecule has 2 heterocycles. The third kappa shape index (κ3) is 3.71. The molecular weight excluding hydrogens is 364 g/mol. The van der Waals surface area contributed by atoms with E-state index in [1.54, 1.807) is 25.1 Å². The molecule has 142 valence electrons. The number of benzene rings is 2. The van der Waals surface area contributed by atoms with Gasteiger partial charge in [-0.15, -0.1) is 0 Å². The zero-order valence-electron chi connectivity index (χ0n) is 16.1. The highest BCUT2D eigenvalue weighted by Crippen LogP contribution is 2.28. The van der Waals surface area contributed by atoms with Gasteiger partial charge in [-0.25, -0.2) is 4.98 Å². The van der Waals surface area contributed by atoms with E-state index in [9.17, 15) is 4.79 Å². The maximum Gasteiger partial charge on any atom is 0.259 e. The zero-order chi connectivity index (χ0) is 20.4. The van der Waals surface area contributed by atoms with Gasteiger partial charge in [0.05, 0.1) is 34.8 Å². The number of nitriles is 1. The van der Waals surface area contributed by atoms with Crippen LogP contribution in [0.25, 0.3) is 22.4 Å². The molecule has 0 aliphatic carbocycles. The number of carbonyl (C=O) groups excluding carboxylic acids is 1. The Kier molecular flexibility index (Phi) is 4.80. The van der Waals surface area contributed by atoms with E-state index in [1.807, 2.05) is 43.3 Å². The number of anilines is 1. The van der Waals surface area contributed by atoms with E-state index in [4.69, 9.17) is 9.78 Å². The van der Waals surface area contributed by atoms with Crippen LogP contribution in [0, 0.1) is 25.2 Å². The Hall–Kier alpha value is -3.98. The maximum atomic E-state index is 13.1. The largest absolute Gasteiger partial charge is 0.335 e. The Balaban J connectivity index is 1.73. The first-order valence-electron chi connectivity index (χ1n) is 9.16. The minimum atomic E-state index is -0.273. The summed E-state index contributed by atoms with van der Waals surface area (Å²) in [4.78, 5) is 17.6. The molecule has 0 saturated heterocycles. The highest BCUT2D eigenvalue weighted by molar-refractivity contribution is 6.13. The van der Waals surface area contributed by atoms with Gasteiger partial charge in [-0.2, -0.15) is 5.26 Å². The molecule has 6 heteroatoms. The number of hydrogen-bond donors (Lipinski definition) is 1. The van der Waals surface area contributed by atoms with Crippen molar-refractivity contribution in [2.45, 2.75) is 20.3 Å². The Morgan fingerprint density at radius 3 is 2.52 bits per heavy atom. The molecule has 0 radical (unpaired) electrons. The first-order chi connectivity index (χ1) is 14.0. The summed E-state index contributed by atoms with van der Waals surface area (Å²) < 4.78 is 5.35. The summed E-state index contributed by atoms with van der Waals surface area (Å²) in [7, 11) is 0.